The number of hydrogen-bond acceptors (Lipinski definition) is 6. The fourth-order valence-electron chi connectivity index (χ4n) is 10.1. The van der Waals surface area contributed by atoms with E-state index in [1.165, 1.54) is 276 Å². The second-order valence-corrected chi connectivity index (χ2v) is 22.4. The van der Waals surface area contributed by atoms with E-state index in [4.69, 9.17) is 14.2 Å². The molecule has 0 aliphatic rings. The van der Waals surface area contributed by atoms with Gasteiger partial charge in [-0.15, -0.1) is 0 Å². The monoisotopic (exact) mass is 1010 g/mol. The fraction of sp³-hybridized carbons (Fsp3) is 0.924. The molecule has 1 atom stereocenters. The summed E-state index contributed by atoms with van der Waals surface area (Å²) in [5.41, 5.74) is 0. The van der Waals surface area contributed by atoms with Crippen molar-refractivity contribution in [2.24, 2.45) is 0 Å². The molecule has 0 aliphatic heterocycles. The molecule has 0 rings (SSSR count). The van der Waals surface area contributed by atoms with Crippen LogP contribution in [0.1, 0.15) is 374 Å². The number of carbonyl (C=O) groups excluding carboxylic acids is 3. The molecule has 0 aliphatic carbocycles. The molecule has 426 valence electrons. The van der Waals surface area contributed by atoms with E-state index in [0.717, 1.165) is 57.8 Å². The van der Waals surface area contributed by atoms with Crippen LogP contribution < -0.4 is 0 Å². The molecule has 0 saturated carbocycles. The van der Waals surface area contributed by atoms with Crippen molar-refractivity contribution < 1.29 is 28.6 Å². The summed E-state index contributed by atoms with van der Waals surface area (Å²) in [6.45, 7) is 6.64. The lowest BCUT2D eigenvalue weighted by Crippen LogP contribution is -2.30. The molecule has 0 aromatic rings. The van der Waals surface area contributed by atoms with Crippen LogP contribution in [-0.4, -0.2) is 37.2 Å². The maximum Gasteiger partial charge on any atom is 0.306 e. The summed E-state index contributed by atoms with van der Waals surface area (Å²) in [4.78, 5) is 38.0. The molecular formula is C66H126O6. The lowest BCUT2D eigenvalue weighted by molar-refractivity contribution is -0.167. The molecule has 1 unspecified atom stereocenters. The minimum absolute atomic E-state index is 0.0656. The topological polar surface area (TPSA) is 78.9 Å². The molecule has 0 N–H and O–H groups in total. The summed E-state index contributed by atoms with van der Waals surface area (Å²) in [5, 5.41) is 0. The highest BCUT2D eigenvalue weighted by molar-refractivity contribution is 5.71. The largest absolute Gasteiger partial charge is 0.462 e. The molecule has 0 spiro atoms. The van der Waals surface area contributed by atoms with Gasteiger partial charge in [-0.25, -0.2) is 0 Å². The molecule has 72 heavy (non-hydrogen) atoms. The van der Waals surface area contributed by atoms with Crippen molar-refractivity contribution in [1.82, 2.24) is 0 Å². The molecule has 0 aromatic heterocycles. The number of carbonyl (C=O) groups is 3. The summed E-state index contributed by atoms with van der Waals surface area (Å²) < 4.78 is 16.8. The fourth-order valence-corrected chi connectivity index (χ4v) is 10.1. The molecule has 0 saturated heterocycles. The van der Waals surface area contributed by atoms with E-state index in [1.54, 1.807) is 0 Å². The minimum Gasteiger partial charge on any atom is -0.462 e. The van der Waals surface area contributed by atoms with Crippen molar-refractivity contribution >= 4 is 17.9 Å². The Bertz CT molecular complexity index is 1120. The highest BCUT2D eigenvalue weighted by atomic mass is 16.6. The van der Waals surface area contributed by atoms with E-state index in [-0.39, 0.29) is 31.1 Å². The van der Waals surface area contributed by atoms with Crippen LogP contribution in [0.15, 0.2) is 12.2 Å². The van der Waals surface area contributed by atoms with Crippen molar-refractivity contribution in [3.63, 3.8) is 0 Å². The number of esters is 3. The molecule has 0 fully saturated rings. The predicted octanol–water partition coefficient (Wildman–Crippen LogP) is 22.1. The van der Waals surface area contributed by atoms with Gasteiger partial charge >= 0.3 is 17.9 Å². The molecule has 0 radical (unpaired) electrons. The van der Waals surface area contributed by atoms with Crippen LogP contribution >= 0.6 is 0 Å². The summed E-state index contributed by atoms with van der Waals surface area (Å²) in [6.07, 6.45) is 72.7. The number of rotatable bonds is 61. The maximum absolute atomic E-state index is 12.8. The lowest BCUT2D eigenvalue weighted by Gasteiger charge is -2.18. The predicted molar refractivity (Wildman–Crippen MR) is 312 cm³/mol. The van der Waals surface area contributed by atoms with Gasteiger partial charge < -0.3 is 14.2 Å². The smallest absolute Gasteiger partial charge is 0.306 e. The summed E-state index contributed by atoms with van der Waals surface area (Å²) in [6, 6.07) is 0. The third kappa shape index (κ3) is 59.0. The summed E-state index contributed by atoms with van der Waals surface area (Å²) in [7, 11) is 0. The van der Waals surface area contributed by atoms with Crippen molar-refractivity contribution in [2.45, 2.75) is 380 Å². The highest BCUT2D eigenvalue weighted by Crippen LogP contribution is 2.18. The van der Waals surface area contributed by atoms with Gasteiger partial charge in [0.15, 0.2) is 6.10 Å². The first-order chi connectivity index (χ1) is 35.5. The lowest BCUT2D eigenvalue weighted by atomic mass is 10.0. The Morgan fingerprint density at radius 1 is 0.264 bits per heavy atom. The zero-order chi connectivity index (χ0) is 52.2. The molecule has 0 aromatic carbocycles. The van der Waals surface area contributed by atoms with Gasteiger partial charge in [0.2, 0.25) is 0 Å². The SMILES string of the molecule is CCCCCCCC/C=C\CCCCCCCCCCCC(=O)OC(COC(=O)CCCCCCCC)COC(=O)CCCCCCCCCCCCCCCCCCCCCCCCCCCCCCC. The molecule has 0 amide bonds. The van der Waals surface area contributed by atoms with Crippen LogP contribution in [0.4, 0.5) is 0 Å². The van der Waals surface area contributed by atoms with Gasteiger partial charge in [0.1, 0.15) is 13.2 Å². The van der Waals surface area contributed by atoms with E-state index in [9.17, 15) is 14.4 Å². The quantitative estimate of drug-likeness (QED) is 0.0261. The van der Waals surface area contributed by atoms with Crippen LogP contribution in [0.2, 0.25) is 0 Å². The van der Waals surface area contributed by atoms with Crippen LogP contribution in [0, 0.1) is 0 Å². The van der Waals surface area contributed by atoms with Crippen molar-refractivity contribution in [1.29, 1.82) is 0 Å². The molecule has 6 heteroatoms. The standard InChI is InChI=1S/C66H126O6/c1-4-7-10-13-16-18-20-22-24-26-28-29-30-31-32-33-34-35-36-37-39-40-42-44-46-48-50-53-56-59-65(68)71-62-63(61-70-64(67)58-55-52-15-12-9-6-3)72-66(69)60-57-54-51-49-47-45-43-41-38-27-25-23-21-19-17-14-11-8-5-2/h23,25,63H,4-22,24,26-62H2,1-3H3/b25-23-. The number of hydrogen-bond donors (Lipinski definition) is 0. The van der Waals surface area contributed by atoms with Gasteiger partial charge in [-0.2, -0.15) is 0 Å². The minimum atomic E-state index is -0.765. The Balaban J connectivity index is 3.96. The average molecular weight is 1020 g/mol. The van der Waals surface area contributed by atoms with E-state index < -0.39 is 6.10 Å². The second kappa shape index (κ2) is 61.7. The molecule has 0 heterocycles. The summed E-state index contributed by atoms with van der Waals surface area (Å²) in [5.74, 6) is -0.852. The number of unbranched alkanes of at least 4 members (excludes halogenated alkanes) is 48. The molecular weight excluding hydrogens is 889 g/mol. The molecule has 6 nitrogen and oxygen atoms in total. The Morgan fingerprint density at radius 2 is 0.458 bits per heavy atom. The van der Waals surface area contributed by atoms with Gasteiger partial charge in [-0.3, -0.25) is 14.4 Å². The van der Waals surface area contributed by atoms with Gasteiger partial charge in [0, 0.05) is 19.3 Å². The van der Waals surface area contributed by atoms with Gasteiger partial charge in [-0.05, 0) is 44.9 Å². The Hall–Kier alpha value is -1.85. The zero-order valence-corrected chi connectivity index (χ0v) is 49.0. The molecule has 0 bridgehead atoms. The average Bonchev–Trinajstić information content (AvgIpc) is 3.38. The van der Waals surface area contributed by atoms with E-state index in [1.807, 2.05) is 0 Å². The van der Waals surface area contributed by atoms with Crippen LogP contribution in [0.3, 0.4) is 0 Å². The Kier molecular flexibility index (Phi) is 60.1. The van der Waals surface area contributed by atoms with Gasteiger partial charge in [0.05, 0.1) is 0 Å². The third-order valence-electron chi connectivity index (χ3n) is 15.0. The normalized spacial score (nSPS) is 12.0. The van der Waals surface area contributed by atoms with E-state index in [2.05, 4.69) is 32.9 Å². The summed E-state index contributed by atoms with van der Waals surface area (Å²) >= 11 is 0. The van der Waals surface area contributed by atoms with Crippen LogP contribution in [0.5, 0.6) is 0 Å². The number of allylic oxidation sites excluding steroid dienone is 2. The van der Waals surface area contributed by atoms with Gasteiger partial charge in [-0.1, -0.05) is 322 Å². The Morgan fingerprint density at radius 3 is 0.694 bits per heavy atom. The second-order valence-electron chi connectivity index (χ2n) is 22.4. The third-order valence-corrected chi connectivity index (χ3v) is 15.0. The first-order valence-corrected chi connectivity index (χ1v) is 32.7. The van der Waals surface area contributed by atoms with Crippen molar-refractivity contribution in [3.8, 4) is 0 Å². The van der Waals surface area contributed by atoms with Crippen molar-refractivity contribution in [3.05, 3.63) is 12.2 Å². The van der Waals surface area contributed by atoms with Crippen LogP contribution in [0.25, 0.3) is 0 Å². The van der Waals surface area contributed by atoms with Crippen molar-refractivity contribution in [2.75, 3.05) is 13.2 Å². The number of ether oxygens (including phenoxy) is 3. The van der Waals surface area contributed by atoms with Gasteiger partial charge in [0.25, 0.3) is 0 Å². The highest BCUT2D eigenvalue weighted by Gasteiger charge is 2.19. The van der Waals surface area contributed by atoms with E-state index >= 15 is 0 Å². The van der Waals surface area contributed by atoms with Crippen LogP contribution in [-0.2, 0) is 28.6 Å². The van der Waals surface area contributed by atoms with E-state index in [0.29, 0.717) is 19.3 Å². The Labute approximate surface area is 450 Å². The maximum atomic E-state index is 12.8. The first kappa shape index (κ1) is 70.1. The zero-order valence-electron chi connectivity index (χ0n) is 49.0. The first-order valence-electron chi connectivity index (χ1n) is 32.7.